The summed E-state index contributed by atoms with van der Waals surface area (Å²) in [5.74, 6) is 1.19. The first-order chi connectivity index (χ1) is 13.6. The Morgan fingerprint density at radius 1 is 1.14 bits per heavy atom. The van der Waals surface area contributed by atoms with Crippen LogP contribution >= 0.6 is 15.9 Å². The van der Waals surface area contributed by atoms with Crippen LogP contribution in [0.2, 0.25) is 0 Å². The molecule has 1 unspecified atom stereocenters. The molecule has 1 aromatic heterocycles. The van der Waals surface area contributed by atoms with Gasteiger partial charge in [0.1, 0.15) is 0 Å². The molecule has 1 aliphatic rings. The Morgan fingerprint density at radius 2 is 1.96 bits per heavy atom. The summed E-state index contributed by atoms with van der Waals surface area (Å²) in [7, 11) is 0. The lowest BCUT2D eigenvalue weighted by Gasteiger charge is -2.29. The third-order valence-corrected chi connectivity index (χ3v) is 6.01. The zero-order chi connectivity index (χ0) is 19.5. The quantitative estimate of drug-likeness (QED) is 0.557. The van der Waals surface area contributed by atoms with Crippen LogP contribution in [0.5, 0.6) is 0 Å². The van der Waals surface area contributed by atoms with Crippen molar-refractivity contribution in [3.05, 3.63) is 52.5 Å². The van der Waals surface area contributed by atoms with Crippen LogP contribution in [0.3, 0.4) is 0 Å². The van der Waals surface area contributed by atoms with E-state index < -0.39 is 0 Å². The fourth-order valence-corrected chi connectivity index (χ4v) is 4.14. The van der Waals surface area contributed by atoms with E-state index in [2.05, 4.69) is 55.4 Å². The minimum Gasteiger partial charge on any atom is -0.372 e. The van der Waals surface area contributed by atoms with Gasteiger partial charge in [0, 0.05) is 34.2 Å². The predicted molar refractivity (Wildman–Crippen MR) is 118 cm³/mol. The zero-order valence-corrected chi connectivity index (χ0v) is 17.6. The van der Waals surface area contributed by atoms with Gasteiger partial charge in [-0.1, -0.05) is 35.7 Å². The number of anilines is 2. The van der Waals surface area contributed by atoms with Crippen LogP contribution in [0.1, 0.15) is 43.0 Å². The average Bonchev–Trinajstić information content (AvgIpc) is 3.07. The molecule has 1 aliphatic heterocycles. The summed E-state index contributed by atoms with van der Waals surface area (Å²) in [6.45, 7) is 4.52. The van der Waals surface area contributed by atoms with Crippen LogP contribution in [0.4, 0.5) is 11.5 Å². The molecule has 5 nitrogen and oxygen atoms in total. The molecule has 6 heteroatoms. The minimum absolute atomic E-state index is 0.149. The lowest BCUT2D eigenvalue weighted by Crippen LogP contribution is -2.28. The van der Waals surface area contributed by atoms with E-state index in [4.69, 9.17) is 0 Å². The maximum Gasteiger partial charge on any atom is 0.256 e. The van der Waals surface area contributed by atoms with Crippen LogP contribution in [0, 0.1) is 5.92 Å². The third kappa shape index (κ3) is 4.22. The van der Waals surface area contributed by atoms with E-state index in [1.165, 1.54) is 31.4 Å². The van der Waals surface area contributed by atoms with Crippen molar-refractivity contribution >= 4 is 44.2 Å². The normalized spacial score (nSPS) is 17.9. The highest BCUT2D eigenvalue weighted by molar-refractivity contribution is 9.10. The number of hydrogen-bond donors (Lipinski definition) is 2. The van der Waals surface area contributed by atoms with Gasteiger partial charge in [-0.15, -0.1) is 0 Å². The Morgan fingerprint density at radius 3 is 2.79 bits per heavy atom. The summed E-state index contributed by atoms with van der Waals surface area (Å²) >= 11 is 3.44. The van der Waals surface area contributed by atoms with Gasteiger partial charge in [0.15, 0.2) is 5.82 Å². The van der Waals surface area contributed by atoms with E-state index in [0.29, 0.717) is 11.4 Å². The molecule has 2 aromatic carbocycles. The lowest BCUT2D eigenvalue weighted by molar-refractivity contribution is 0.102. The summed E-state index contributed by atoms with van der Waals surface area (Å²) in [6, 6.07) is 13.7. The number of benzene rings is 2. The van der Waals surface area contributed by atoms with Crippen molar-refractivity contribution in [1.29, 1.82) is 0 Å². The first-order valence-corrected chi connectivity index (χ1v) is 10.7. The fourth-order valence-electron chi connectivity index (χ4n) is 3.78. The number of amides is 1. The Kier molecular flexibility index (Phi) is 5.67. The molecule has 1 amide bonds. The summed E-state index contributed by atoms with van der Waals surface area (Å²) in [5.41, 5.74) is 2.71. The molecule has 1 saturated heterocycles. The number of aromatic nitrogens is 2. The van der Waals surface area contributed by atoms with Crippen molar-refractivity contribution in [2.75, 3.05) is 23.3 Å². The van der Waals surface area contributed by atoms with E-state index in [1.807, 2.05) is 30.3 Å². The van der Waals surface area contributed by atoms with E-state index in [-0.39, 0.29) is 5.91 Å². The van der Waals surface area contributed by atoms with Crippen molar-refractivity contribution in [2.24, 2.45) is 5.92 Å². The van der Waals surface area contributed by atoms with Crippen molar-refractivity contribution < 1.29 is 4.79 Å². The second kappa shape index (κ2) is 8.35. The molecule has 28 heavy (non-hydrogen) atoms. The van der Waals surface area contributed by atoms with Gasteiger partial charge in [-0.2, -0.15) is 5.10 Å². The summed E-state index contributed by atoms with van der Waals surface area (Å²) < 4.78 is 0.968. The summed E-state index contributed by atoms with van der Waals surface area (Å²) in [6.07, 6.45) is 5.09. The van der Waals surface area contributed by atoms with Crippen molar-refractivity contribution in [2.45, 2.75) is 32.6 Å². The van der Waals surface area contributed by atoms with Gasteiger partial charge in [0.05, 0.1) is 5.52 Å². The van der Waals surface area contributed by atoms with Crippen molar-refractivity contribution in [3.8, 4) is 0 Å². The maximum atomic E-state index is 12.7. The highest BCUT2D eigenvalue weighted by atomic mass is 79.9. The molecule has 146 valence electrons. The molecular formula is C22H25BrN4O. The standard InChI is InChI=1S/C22H25BrN4O/c1-15-4-2-3-12-27(13-11-15)18-8-5-16(6-9-18)22(28)24-21-19-10-7-17(23)14-20(19)25-26-21/h5-10,14-15H,2-4,11-13H2,1H3,(H2,24,25,26,28). The number of nitrogens with zero attached hydrogens (tertiary/aromatic N) is 2. The van der Waals surface area contributed by atoms with Crippen LogP contribution in [0.15, 0.2) is 46.9 Å². The molecule has 1 fully saturated rings. The van der Waals surface area contributed by atoms with Gasteiger partial charge in [-0.05, 0) is 61.2 Å². The smallest absolute Gasteiger partial charge is 0.256 e. The monoisotopic (exact) mass is 440 g/mol. The Bertz CT molecular complexity index is 966. The molecule has 0 aliphatic carbocycles. The van der Waals surface area contributed by atoms with Crippen LogP contribution in [-0.4, -0.2) is 29.2 Å². The Hall–Kier alpha value is -2.34. The van der Waals surface area contributed by atoms with Crippen molar-refractivity contribution in [1.82, 2.24) is 10.2 Å². The van der Waals surface area contributed by atoms with Gasteiger partial charge in [0.2, 0.25) is 0 Å². The van der Waals surface area contributed by atoms with Crippen LogP contribution in [-0.2, 0) is 0 Å². The SMILES string of the molecule is CC1CCCCN(c2ccc(C(=O)Nc3n[nH]c4cc(Br)ccc34)cc2)CC1. The molecule has 0 saturated carbocycles. The molecule has 0 bridgehead atoms. The fraction of sp³-hybridized carbons (Fsp3) is 0.364. The van der Waals surface area contributed by atoms with E-state index in [0.717, 1.165) is 34.4 Å². The zero-order valence-electron chi connectivity index (χ0n) is 16.0. The van der Waals surface area contributed by atoms with Gasteiger partial charge >= 0.3 is 0 Å². The highest BCUT2D eigenvalue weighted by Crippen LogP contribution is 2.25. The molecule has 2 N–H and O–H groups in total. The number of H-pyrrole nitrogens is 1. The molecule has 2 heterocycles. The molecule has 0 radical (unpaired) electrons. The number of fused-ring (bicyclic) bond motifs is 1. The molecule has 0 spiro atoms. The molecule has 3 aromatic rings. The number of nitrogens with one attached hydrogen (secondary N) is 2. The molecule has 1 atom stereocenters. The first-order valence-electron chi connectivity index (χ1n) is 9.90. The lowest BCUT2D eigenvalue weighted by atomic mass is 9.98. The second-order valence-corrected chi connectivity index (χ2v) is 8.56. The number of hydrogen-bond acceptors (Lipinski definition) is 3. The van der Waals surface area contributed by atoms with Gasteiger partial charge < -0.3 is 10.2 Å². The number of halogens is 1. The van der Waals surface area contributed by atoms with E-state index >= 15 is 0 Å². The largest absolute Gasteiger partial charge is 0.372 e. The van der Waals surface area contributed by atoms with Crippen LogP contribution in [0.25, 0.3) is 10.9 Å². The van der Waals surface area contributed by atoms with Crippen molar-refractivity contribution in [3.63, 3.8) is 0 Å². The summed E-state index contributed by atoms with van der Waals surface area (Å²) in [5, 5.41) is 11.0. The highest BCUT2D eigenvalue weighted by Gasteiger charge is 2.15. The second-order valence-electron chi connectivity index (χ2n) is 7.64. The number of carbonyl (C=O) groups excluding carboxylic acids is 1. The molecule has 4 rings (SSSR count). The first kappa shape index (κ1) is 19.0. The number of rotatable bonds is 3. The Labute approximate surface area is 173 Å². The minimum atomic E-state index is -0.149. The Balaban J connectivity index is 1.46. The summed E-state index contributed by atoms with van der Waals surface area (Å²) in [4.78, 5) is 15.1. The van der Waals surface area contributed by atoms with Crippen LogP contribution < -0.4 is 10.2 Å². The number of aromatic amines is 1. The van der Waals surface area contributed by atoms with Gasteiger partial charge in [-0.25, -0.2) is 0 Å². The number of carbonyl (C=O) groups is 1. The third-order valence-electron chi connectivity index (χ3n) is 5.52. The topological polar surface area (TPSA) is 61.0 Å². The van der Waals surface area contributed by atoms with Gasteiger partial charge in [0.25, 0.3) is 5.91 Å². The van der Waals surface area contributed by atoms with E-state index in [1.54, 1.807) is 0 Å². The average molecular weight is 441 g/mol. The van der Waals surface area contributed by atoms with E-state index in [9.17, 15) is 4.79 Å². The maximum absolute atomic E-state index is 12.7. The predicted octanol–water partition coefficient (Wildman–Crippen LogP) is 5.59. The van der Waals surface area contributed by atoms with Gasteiger partial charge in [-0.3, -0.25) is 9.89 Å². The molecular weight excluding hydrogens is 416 g/mol.